The largest absolute Gasteiger partial charge is 0.351 e. The fourth-order valence-electron chi connectivity index (χ4n) is 3.84. The third-order valence-corrected chi connectivity index (χ3v) is 5.53. The molecule has 0 amide bonds. The van der Waals surface area contributed by atoms with Gasteiger partial charge in [-0.1, -0.05) is 37.3 Å². The first-order valence-electron chi connectivity index (χ1n) is 10.2. The first-order valence-corrected chi connectivity index (χ1v) is 10.2. The van der Waals surface area contributed by atoms with Crippen LogP contribution < -0.4 is 10.2 Å². The number of hydrogen-bond acceptors (Lipinski definition) is 5. The fraction of sp³-hybridized carbons (Fsp3) is 0.304. The lowest BCUT2D eigenvalue weighted by atomic mass is 10.1. The summed E-state index contributed by atoms with van der Waals surface area (Å²) < 4.78 is 0. The molecule has 7 heteroatoms. The Balaban J connectivity index is 1.55. The highest BCUT2D eigenvalue weighted by atomic mass is 15.4. The fourth-order valence-corrected chi connectivity index (χ4v) is 3.84. The summed E-state index contributed by atoms with van der Waals surface area (Å²) in [5.74, 6) is 1.49. The Morgan fingerprint density at radius 3 is 2.70 bits per heavy atom. The molecule has 1 aromatic heterocycles. The summed E-state index contributed by atoms with van der Waals surface area (Å²) in [6.07, 6.45) is 4.74. The van der Waals surface area contributed by atoms with E-state index < -0.39 is 0 Å². The van der Waals surface area contributed by atoms with Gasteiger partial charge < -0.3 is 15.1 Å². The van der Waals surface area contributed by atoms with Gasteiger partial charge in [0.15, 0.2) is 0 Å². The molecule has 2 aromatic carbocycles. The van der Waals surface area contributed by atoms with Crippen LogP contribution in [0.2, 0.25) is 0 Å². The molecule has 1 unspecified atom stereocenters. The van der Waals surface area contributed by atoms with Gasteiger partial charge in [-0.05, 0) is 37.1 Å². The number of guanidine groups is 1. The van der Waals surface area contributed by atoms with Crippen LogP contribution in [0.1, 0.15) is 18.9 Å². The van der Waals surface area contributed by atoms with Crippen molar-refractivity contribution in [2.45, 2.75) is 26.3 Å². The van der Waals surface area contributed by atoms with E-state index >= 15 is 0 Å². The van der Waals surface area contributed by atoms with E-state index in [1.54, 1.807) is 0 Å². The molecule has 7 nitrogen and oxygen atoms in total. The van der Waals surface area contributed by atoms with Crippen molar-refractivity contribution >= 4 is 28.5 Å². The van der Waals surface area contributed by atoms with Crippen molar-refractivity contribution in [1.29, 1.82) is 5.26 Å². The van der Waals surface area contributed by atoms with Crippen LogP contribution in [-0.4, -0.2) is 46.5 Å². The number of piperazine rings is 1. The van der Waals surface area contributed by atoms with Crippen molar-refractivity contribution in [3.8, 4) is 6.19 Å². The number of aromatic nitrogens is 2. The molecule has 1 fully saturated rings. The van der Waals surface area contributed by atoms with Crippen LogP contribution in [0.25, 0.3) is 11.0 Å². The second kappa shape index (κ2) is 8.78. The lowest BCUT2D eigenvalue weighted by Gasteiger charge is -2.42. The van der Waals surface area contributed by atoms with E-state index in [1.165, 1.54) is 0 Å². The summed E-state index contributed by atoms with van der Waals surface area (Å²) in [7, 11) is 0. The van der Waals surface area contributed by atoms with Crippen molar-refractivity contribution < 1.29 is 0 Å². The molecular formula is C23H25N7. The number of aryl methyl sites for hydroxylation is 1. The average molecular weight is 400 g/mol. The average Bonchev–Trinajstić information content (AvgIpc) is 2.79. The quantitative estimate of drug-likeness (QED) is 0.410. The third-order valence-electron chi connectivity index (χ3n) is 5.53. The van der Waals surface area contributed by atoms with Crippen LogP contribution in [0, 0.1) is 18.4 Å². The Hall–Kier alpha value is -3.66. The minimum absolute atomic E-state index is 0.204. The second-order valence-corrected chi connectivity index (χ2v) is 7.39. The Bertz CT molecular complexity index is 1100. The number of nitrogens with zero attached hydrogens (tertiary/aromatic N) is 6. The van der Waals surface area contributed by atoms with Gasteiger partial charge in [0, 0.05) is 31.4 Å². The molecule has 0 spiro atoms. The van der Waals surface area contributed by atoms with Gasteiger partial charge in [-0.3, -0.25) is 4.98 Å². The summed E-state index contributed by atoms with van der Waals surface area (Å²) in [4.78, 5) is 17.9. The maximum absolute atomic E-state index is 9.27. The molecule has 152 valence electrons. The highest BCUT2D eigenvalue weighted by molar-refractivity contribution is 5.95. The zero-order valence-electron chi connectivity index (χ0n) is 17.3. The van der Waals surface area contributed by atoms with Gasteiger partial charge in [-0.2, -0.15) is 5.26 Å². The third kappa shape index (κ3) is 4.03. The van der Waals surface area contributed by atoms with Gasteiger partial charge in [0.25, 0.3) is 0 Å². The van der Waals surface area contributed by atoms with Crippen LogP contribution in [0.3, 0.4) is 0 Å². The van der Waals surface area contributed by atoms with E-state index in [1.807, 2.05) is 67.8 Å². The maximum Gasteiger partial charge on any atom is 0.214 e. The number of benzene rings is 2. The van der Waals surface area contributed by atoms with Crippen LogP contribution in [0.4, 0.5) is 11.5 Å². The molecule has 3 aromatic rings. The summed E-state index contributed by atoms with van der Waals surface area (Å²) in [5.41, 5.74) is 3.88. The van der Waals surface area contributed by atoms with Crippen LogP contribution in [-0.2, 0) is 0 Å². The van der Waals surface area contributed by atoms with E-state index in [4.69, 9.17) is 4.98 Å². The van der Waals surface area contributed by atoms with E-state index in [0.717, 1.165) is 54.2 Å². The summed E-state index contributed by atoms with van der Waals surface area (Å²) in [6, 6.07) is 16.1. The monoisotopic (exact) mass is 399 g/mol. The molecule has 1 aliphatic heterocycles. The van der Waals surface area contributed by atoms with Gasteiger partial charge in [0.2, 0.25) is 12.2 Å². The van der Waals surface area contributed by atoms with E-state index in [2.05, 4.69) is 32.0 Å². The molecule has 1 atom stereocenters. The van der Waals surface area contributed by atoms with Crippen molar-refractivity contribution in [3.63, 3.8) is 0 Å². The molecule has 0 saturated carbocycles. The molecule has 30 heavy (non-hydrogen) atoms. The Morgan fingerprint density at radius 2 is 1.93 bits per heavy atom. The molecule has 1 aliphatic rings. The normalized spacial score (nSPS) is 17.1. The van der Waals surface area contributed by atoms with Gasteiger partial charge in [-0.15, -0.1) is 4.99 Å². The summed E-state index contributed by atoms with van der Waals surface area (Å²) in [6.45, 7) is 6.52. The highest BCUT2D eigenvalue weighted by Crippen LogP contribution is 2.22. The molecule has 0 aliphatic carbocycles. The first-order chi connectivity index (χ1) is 14.7. The number of nitrogens with one attached hydrogen (secondary N) is 1. The predicted molar refractivity (Wildman–Crippen MR) is 120 cm³/mol. The molecule has 0 bridgehead atoms. The molecule has 4 rings (SSSR count). The molecular weight excluding hydrogens is 374 g/mol. The summed E-state index contributed by atoms with van der Waals surface area (Å²) >= 11 is 0. The van der Waals surface area contributed by atoms with Crippen molar-refractivity contribution in [2.75, 3.05) is 29.9 Å². The van der Waals surface area contributed by atoms with E-state index in [-0.39, 0.29) is 6.04 Å². The van der Waals surface area contributed by atoms with E-state index in [9.17, 15) is 5.26 Å². The number of hydrogen-bond donors (Lipinski definition) is 1. The lowest BCUT2D eigenvalue weighted by Crippen LogP contribution is -2.56. The Labute approximate surface area is 176 Å². The molecule has 2 heterocycles. The zero-order valence-corrected chi connectivity index (χ0v) is 17.3. The van der Waals surface area contributed by atoms with E-state index in [0.29, 0.717) is 5.96 Å². The Morgan fingerprint density at radius 1 is 1.17 bits per heavy atom. The van der Waals surface area contributed by atoms with Crippen LogP contribution in [0.15, 0.2) is 59.7 Å². The standard InChI is InChI=1S/C23H25N7/c1-3-18-15-29(22-14-25-20-10-6-7-11-21(20)27-22)12-13-30(18)23(26-16-24)28-19-9-5-4-8-17(19)2/h4-11,14,18H,3,12-13,15H2,1-2H3,(H,26,28). The SMILES string of the molecule is CCC1CN(c2cnc3ccccc3n2)CCN1/C(=N\C#N)Nc1ccccc1C. The number of fused-ring (bicyclic) bond motifs is 1. The van der Waals surface area contributed by atoms with Gasteiger partial charge >= 0.3 is 0 Å². The number of anilines is 2. The second-order valence-electron chi connectivity index (χ2n) is 7.39. The highest BCUT2D eigenvalue weighted by Gasteiger charge is 2.29. The Kier molecular flexibility index (Phi) is 5.75. The van der Waals surface area contributed by atoms with Crippen LogP contribution >= 0.6 is 0 Å². The number of para-hydroxylation sites is 3. The predicted octanol–water partition coefficient (Wildman–Crippen LogP) is 3.79. The first kappa shape index (κ1) is 19.6. The molecule has 1 saturated heterocycles. The van der Waals surface area contributed by atoms with Gasteiger partial charge in [-0.25, -0.2) is 4.98 Å². The summed E-state index contributed by atoms with van der Waals surface area (Å²) in [5, 5.41) is 12.6. The minimum atomic E-state index is 0.204. The van der Waals surface area contributed by atoms with Crippen LogP contribution in [0.5, 0.6) is 0 Å². The minimum Gasteiger partial charge on any atom is -0.351 e. The maximum atomic E-state index is 9.27. The van der Waals surface area contributed by atoms with Gasteiger partial charge in [0.05, 0.1) is 17.2 Å². The van der Waals surface area contributed by atoms with Gasteiger partial charge in [0.1, 0.15) is 5.82 Å². The number of rotatable bonds is 3. The zero-order chi connectivity index (χ0) is 20.9. The molecule has 0 radical (unpaired) electrons. The van der Waals surface area contributed by atoms with Crippen molar-refractivity contribution in [3.05, 3.63) is 60.3 Å². The molecule has 1 N–H and O–H groups in total. The van der Waals surface area contributed by atoms with Crippen molar-refractivity contribution in [2.24, 2.45) is 4.99 Å². The smallest absolute Gasteiger partial charge is 0.214 e. The van der Waals surface area contributed by atoms with Crippen molar-refractivity contribution in [1.82, 2.24) is 14.9 Å². The topological polar surface area (TPSA) is 80.4 Å². The number of nitriles is 1. The number of aliphatic imine (C=N–C) groups is 1. The lowest BCUT2D eigenvalue weighted by molar-refractivity contribution is 0.272.